The minimum Gasteiger partial charge on any atom is -0.379 e. The Morgan fingerprint density at radius 1 is 1.24 bits per heavy atom. The Bertz CT molecular complexity index is 525. The van der Waals surface area contributed by atoms with E-state index in [1.807, 2.05) is 36.9 Å². The van der Waals surface area contributed by atoms with Crippen molar-refractivity contribution in [3.63, 3.8) is 0 Å². The first kappa shape index (κ1) is 15.5. The summed E-state index contributed by atoms with van der Waals surface area (Å²) >= 11 is 0. The molecule has 1 aliphatic rings. The van der Waals surface area contributed by atoms with Gasteiger partial charge in [0.2, 0.25) is 5.91 Å². The molecule has 0 bridgehead atoms. The molecule has 0 aromatic heterocycles. The number of anilines is 1. The van der Waals surface area contributed by atoms with Crippen LogP contribution in [0, 0.1) is 13.8 Å². The van der Waals surface area contributed by atoms with E-state index in [9.17, 15) is 9.59 Å². The molecule has 1 aromatic rings. The lowest BCUT2D eigenvalue weighted by Gasteiger charge is -2.25. The molecule has 6 nitrogen and oxygen atoms in total. The molecule has 2 N–H and O–H groups in total. The fraction of sp³-hybridized carbons (Fsp3) is 0.467. The summed E-state index contributed by atoms with van der Waals surface area (Å²) < 4.78 is 5.21. The van der Waals surface area contributed by atoms with E-state index < -0.39 is 6.03 Å². The molecular formula is C15H21N3O3. The van der Waals surface area contributed by atoms with Gasteiger partial charge in [-0.05, 0) is 31.0 Å². The number of benzene rings is 1. The summed E-state index contributed by atoms with van der Waals surface area (Å²) in [5.74, 6) is -0.306. The van der Waals surface area contributed by atoms with Crippen LogP contribution >= 0.6 is 0 Å². The Labute approximate surface area is 124 Å². The first-order valence-electron chi connectivity index (χ1n) is 7.03. The van der Waals surface area contributed by atoms with E-state index >= 15 is 0 Å². The van der Waals surface area contributed by atoms with Crippen LogP contribution < -0.4 is 10.6 Å². The number of hydrogen-bond donors (Lipinski definition) is 2. The maximum absolute atomic E-state index is 11.8. The molecule has 1 heterocycles. The van der Waals surface area contributed by atoms with Crippen molar-refractivity contribution in [2.24, 2.45) is 0 Å². The summed E-state index contributed by atoms with van der Waals surface area (Å²) in [7, 11) is 0. The molecule has 3 amide bonds. The highest BCUT2D eigenvalue weighted by molar-refractivity contribution is 6.02. The van der Waals surface area contributed by atoms with Crippen LogP contribution in [0.15, 0.2) is 18.2 Å². The fourth-order valence-corrected chi connectivity index (χ4v) is 2.17. The van der Waals surface area contributed by atoms with Crippen LogP contribution in [0.25, 0.3) is 0 Å². The maximum Gasteiger partial charge on any atom is 0.325 e. The van der Waals surface area contributed by atoms with E-state index in [0.29, 0.717) is 32.0 Å². The standard InChI is InChI=1S/C15H21N3O3/c1-11-4-3-5-13(12(11)2)16-15(20)17-14(19)10-18-6-8-21-9-7-18/h3-5H,6-10H2,1-2H3,(H2,16,17,19,20). The molecule has 1 aliphatic heterocycles. The predicted octanol–water partition coefficient (Wildman–Crippen LogP) is 1.28. The molecule has 6 heteroatoms. The summed E-state index contributed by atoms with van der Waals surface area (Å²) in [6, 6.07) is 5.16. The Morgan fingerprint density at radius 2 is 1.95 bits per heavy atom. The summed E-state index contributed by atoms with van der Waals surface area (Å²) in [4.78, 5) is 25.6. The van der Waals surface area contributed by atoms with Crippen molar-refractivity contribution in [3.8, 4) is 0 Å². The van der Waals surface area contributed by atoms with Crippen molar-refractivity contribution in [2.45, 2.75) is 13.8 Å². The normalized spacial score (nSPS) is 15.5. The third-order valence-corrected chi connectivity index (χ3v) is 3.58. The number of nitrogens with zero attached hydrogens (tertiary/aromatic N) is 1. The van der Waals surface area contributed by atoms with Crippen molar-refractivity contribution in [3.05, 3.63) is 29.3 Å². The summed E-state index contributed by atoms with van der Waals surface area (Å²) in [6.45, 7) is 6.80. The van der Waals surface area contributed by atoms with Crippen LogP contribution in [0.5, 0.6) is 0 Å². The fourth-order valence-electron chi connectivity index (χ4n) is 2.17. The van der Waals surface area contributed by atoms with Gasteiger partial charge in [-0.2, -0.15) is 0 Å². The highest BCUT2D eigenvalue weighted by Gasteiger charge is 2.16. The number of aryl methyl sites for hydroxylation is 1. The van der Waals surface area contributed by atoms with E-state index in [1.165, 1.54) is 0 Å². The number of carbonyl (C=O) groups is 2. The molecule has 0 saturated carbocycles. The van der Waals surface area contributed by atoms with Gasteiger partial charge < -0.3 is 10.1 Å². The average Bonchev–Trinajstić information content (AvgIpc) is 2.44. The molecule has 2 rings (SSSR count). The second kappa shape index (κ2) is 7.19. The molecule has 0 spiro atoms. The number of carbonyl (C=O) groups excluding carboxylic acids is 2. The molecule has 0 atom stereocenters. The molecule has 1 fully saturated rings. The molecule has 114 valence electrons. The highest BCUT2D eigenvalue weighted by atomic mass is 16.5. The van der Waals surface area contributed by atoms with Crippen molar-refractivity contribution in [1.29, 1.82) is 0 Å². The van der Waals surface area contributed by atoms with Gasteiger partial charge in [0.15, 0.2) is 0 Å². The predicted molar refractivity (Wildman–Crippen MR) is 80.3 cm³/mol. The molecule has 1 saturated heterocycles. The lowest BCUT2D eigenvalue weighted by atomic mass is 10.1. The van der Waals surface area contributed by atoms with Crippen LogP contribution in [0.2, 0.25) is 0 Å². The van der Waals surface area contributed by atoms with Crippen molar-refractivity contribution < 1.29 is 14.3 Å². The van der Waals surface area contributed by atoms with Gasteiger partial charge in [-0.25, -0.2) is 4.79 Å². The average molecular weight is 291 g/mol. The third-order valence-electron chi connectivity index (χ3n) is 3.58. The summed E-state index contributed by atoms with van der Waals surface area (Å²) in [5.41, 5.74) is 2.80. The molecule has 0 unspecified atom stereocenters. The van der Waals surface area contributed by atoms with Crippen LogP contribution in [0.3, 0.4) is 0 Å². The van der Waals surface area contributed by atoms with E-state index in [4.69, 9.17) is 4.74 Å². The lowest BCUT2D eigenvalue weighted by molar-refractivity contribution is -0.122. The molecule has 0 aliphatic carbocycles. The van der Waals surface area contributed by atoms with E-state index in [0.717, 1.165) is 11.1 Å². The Kier molecular flexibility index (Phi) is 5.30. The topological polar surface area (TPSA) is 70.7 Å². The minimum atomic E-state index is -0.498. The molecule has 1 aromatic carbocycles. The minimum absolute atomic E-state index is 0.212. The van der Waals surface area contributed by atoms with Crippen LogP contribution in [0.4, 0.5) is 10.5 Å². The van der Waals surface area contributed by atoms with Crippen molar-refractivity contribution in [2.75, 3.05) is 38.2 Å². The quantitative estimate of drug-likeness (QED) is 0.880. The van der Waals surface area contributed by atoms with Gasteiger partial charge in [-0.15, -0.1) is 0 Å². The number of hydrogen-bond acceptors (Lipinski definition) is 4. The monoisotopic (exact) mass is 291 g/mol. The number of imide groups is 1. The van der Waals surface area contributed by atoms with Gasteiger partial charge in [0, 0.05) is 18.8 Å². The Morgan fingerprint density at radius 3 is 2.67 bits per heavy atom. The van der Waals surface area contributed by atoms with Gasteiger partial charge in [0.25, 0.3) is 0 Å². The molecule has 21 heavy (non-hydrogen) atoms. The van der Waals surface area contributed by atoms with E-state index in [2.05, 4.69) is 10.6 Å². The van der Waals surface area contributed by atoms with Gasteiger partial charge in [-0.1, -0.05) is 12.1 Å². The largest absolute Gasteiger partial charge is 0.379 e. The SMILES string of the molecule is Cc1cccc(NC(=O)NC(=O)CN2CCOCC2)c1C. The van der Waals surface area contributed by atoms with Gasteiger partial charge in [0.1, 0.15) is 0 Å². The Balaban J connectivity index is 1.83. The van der Waals surface area contributed by atoms with Crippen molar-refractivity contribution >= 4 is 17.6 Å². The second-order valence-corrected chi connectivity index (χ2v) is 5.14. The van der Waals surface area contributed by atoms with Crippen LogP contribution in [0.1, 0.15) is 11.1 Å². The maximum atomic E-state index is 11.8. The smallest absolute Gasteiger partial charge is 0.325 e. The van der Waals surface area contributed by atoms with E-state index in [1.54, 1.807) is 0 Å². The highest BCUT2D eigenvalue weighted by Crippen LogP contribution is 2.17. The number of amides is 3. The third kappa shape index (κ3) is 4.54. The zero-order chi connectivity index (χ0) is 15.2. The van der Waals surface area contributed by atoms with Crippen molar-refractivity contribution in [1.82, 2.24) is 10.2 Å². The number of morpholine rings is 1. The van der Waals surface area contributed by atoms with Gasteiger partial charge >= 0.3 is 6.03 Å². The molecular weight excluding hydrogens is 270 g/mol. The first-order chi connectivity index (χ1) is 10.1. The van der Waals surface area contributed by atoms with Gasteiger partial charge in [0.05, 0.1) is 19.8 Å². The lowest BCUT2D eigenvalue weighted by Crippen LogP contribution is -2.45. The van der Waals surface area contributed by atoms with E-state index in [-0.39, 0.29) is 12.5 Å². The van der Waals surface area contributed by atoms with Gasteiger partial charge in [-0.3, -0.25) is 15.0 Å². The summed E-state index contributed by atoms with van der Waals surface area (Å²) in [5, 5.41) is 5.06. The number of ether oxygens (including phenoxy) is 1. The van der Waals surface area contributed by atoms with Crippen LogP contribution in [-0.4, -0.2) is 49.7 Å². The number of rotatable bonds is 3. The zero-order valence-electron chi connectivity index (χ0n) is 12.4. The summed E-state index contributed by atoms with van der Waals surface area (Å²) in [6.07, 6.45) is 0. The zero-order valence-corrected chi connectivity index (χ0v) is 12.4. The number of nitrogens with one attached hydrogen (secondary N) is 2. The first-order valence-corrected chi connectivity index (χ1v) is 7.03. The molecule has 0 radical (unpaired) electrons. The Hall–Kier alpha value is -1.92. The second-order valence-electron chi connectivity index (χ2n) is 5.14. The number of urea groups is 1. The van der Waals surface area contributed by atoms with Crippen LogP contribution in [-0.2, 0) is 9.53 Å².